The van der Waals surface area contributed by atoms with Crippen LogP contribution in [0.5, 0.6) is 5.75 Å². The maximum Gasteiger partial charge on any atom is 0.254 e. The first-order valence-corrected chi connectivity index (χ1v) is 8.85. The molecule has 1 amide bonds. The minimum atomic E-state index is -0.114. The Morgan fingerprint density at radius 3 is 2.62 bits per heavy atom. The summed E-state index contributed by atoms with van der Waals surface area (Å²) in [5.74, 6) is 0.787. The van der Waals surface area contributed by atoms with Crippen LogP contribution >= 0.6 is 0 Å². The van der Waals surface area contributed by atoms with Crippen molar-refractivity contribution in [2.45, 2.75) is 37.8 Å². The number of hydrogen-bond donors (Lipinski definition) is 1. The zero-order chi connectivity index (χ0) is 17.8. The van der Waals surface area contributed by atoms with Gasteiger partial charge in [-0.3, -0.25) is 9.78 Å². The van der Waals surface area contributed by atoms with E-state index in [0.29, 0.717) is 5.56 Å². The van der Waals surface area contributed by atoms with Crippen LogP contribution in [-0.2, 0) is 0 Å². The fourth-order valence-corrected chi connectivity index (χ4v) is 3.39. The molecule has 1 fully saturated rings. The predicted molar refractivity (Wildman–Crippen MR) is 97.9 cm³/mol. The van der Waals surface area contributed by atoms with Crippen LogP contribution in [0.2, 0.25) is 0 Å². The first-order valence-electron chi connectivity index (χ1n) is 8.85. The molecule has 0 radical (unpaired) electrons. The Morgan fingerprint density at radius 1 is 1.00 bits per heavy atom. The Kier molecular flexibility index (Phi) is 4.73. The molecule has 1 N–H and O–H groups in total. The molecule has 0 aliphatic heterocycles. The van der Waals surface area contributed by atoms with Crippen molar-refractivity contribution in [3.63, 3.8) is 0 Å². The number of nitrogens with zero attached hydrogens (tertiary/aromatic N) is 3. The Morgan fingerprint density at radius 2 is 1.81 bits per heavy atom. The highest BCUT2D eigenvalue weighted by atomic mass is 16.5. The smallest absolute Gasteiger partial charge is 0.254 e. The molecule has 2 heterocycles. The molecule has 1 aromatic carbocycles. The van der Waals surface area contributed by atoms with Gasteiger partial charge in [0.25, 0.3) is 5.91 Å². The number of pyridine rings is 1. The van der Waals surface area contributed by atoms with E-state index in [4.69, 9.17) is 4.74 Å². The molecule has 0 saturated heterocycles. The van der Waals surface area contributed by atoms with Gasteiger partial charge in [0, 0.05) is 41.6 Å². The number of fused-ring (bicyclic) bond motifs is 1. The second-order valence-corrected chi connectivity index (χ2v) is 6.55. The van der Waals surface area contributed by atoms with Crippen LogP contribution < -0.4 is 10.1 Å². The summed E-state index contributed by atoms with van der Waals surface area (Å²) < 4.78 is 6.25. The predicted octanol–water partition coefficient (Wildman–Crippen LogP) is 3.14. The van der Waals surface area contributed by atoms with E-state index in [1.807, 2.05) is 30.5 Å². The number of amides is 1. The SMILES string of the molecule is O=C(NC1CCC(Oc2cccc3cnccc23)CC1)c1cncnc1. The summed E-state index contributed by atoms with van der Waals surface area (Å²) >= 11 is 0. The van der Waals surface area contributed by atoms with Crippen LogP contribution in [0.4, 0.5) is 0 Å². The van der Waals surface area contributed by atoms with Crippen LogP contribution in [0, 0.1) is 0 Å². The molecule has 2 aromatic heterocycles. The lowest BCUT2D eigenvalue weighted by Crippen LogP contribution is -2.39. The summed E-state index contributed by atoms with van der Waals surface area (Å²) in [6.07, 6.45) is 11.9. The third-order valence-electron chi connectivity index (χ3n) is 4.77. The number of ether oxygens (including phenoxy) is 1. The standard InChI is InChI=1S/C20H20N4O2/c25-20(15-11-22-13-23-12-15)24-16-4-6-17(7-5-16)26-19-3-1-2-14-10-21-9-8-18(14)19/h1-3,8-13,16-17H,4-7H2,(H,24,25). The lowest BCUT2D eigenvalue weighted by Gasteiger charge is -2.29. The number of nitrogens with one attached hydrogen (secondary N) is 1. The van der Waals surface area contributed by atoms with Crippen LogP contribution in [0.3, 0.4) is 0 Å². The average molecular weight is 348 g/mol. The second kappa shape index (κ2) is 7.47. The average Bonchev–Trinajstić information content (AvgIpc) is 2.70. The molecule has 0 unspecified atom stereocenters. The van der Waals surface area contributed by atoms with Gasteiger partial charge >= 0.3 is 0 Å². The van der Waals surface area contributed by atoms with Gasteiger partial charge < -0.3 is 10.1 Å². The van der Waals surface area contributed by atoms with Crippen molar-refractivity contribution in [2.75, 3.05) is 0 Å². The van der Waals surface area contributed by atoms with Gasteiger partial charge in [-0.15, -0.1) is 0 Å². The molecule has 6 heteroatoms. The van der Waals surface area contributed by atoms with Crippen molar-refractivity contribution in [2.24, 2.45) is 0 Å². The van der Waals surface area contributed by atoms with E-state index in [1.165, 1.54) is 18.7 Å². The van der Waals surface area contributed by atoms with Crippen molar-refractivity contribution < 1.29 is 9.53 Å². The number of hydrogen-bond acceptors (Lipinski definition) is 5. The summed E-state index contributed by atoms with van der Waals surface area (Å²) in [7, 11) is 0. The van der Waals surface area contributed by atoms with Gasteiger partial charge in [0.15, 0.2) is 0 Å². The zero-order valence-corrected chi connectivity index (χ0v) is 14.3. The Hall–Kier alpha value is -3.02. The van der Waals surface area contributed by atoms with Crippen LogP contribution in [0.15, 0.2) is 55.4 Å². The van der Waals surface area contributed by atoms with E-state index < -0.39 is 0 Å². The van der Waals surface area contributed by atoms with Gasteiger partial charge in [-0.2, -0.15) is 0 Å². The second-order valence-electron chi connectivity index (χ2n) is 6.55. The summed E-state index contributed by atoms with van der Waals surface area (Å²) in [5, 5.41) is 5.23. The number of benzene rings is 1. The zero-order valence-electron chi connectivity index (χ0n) is 14.3. The monoisotopic (exact) mass is 348 g/mol. The van der Waals surface area contributed by atoms with Gasteiger partial charge in [-0.25, -0.2) is 9.97 Å². The molecule has 1 saturated carbocycles. The molecular formula is C20H20N4O2. The largest absolute Gasteiger partial charge is 0.490 e. The highest BCUT2D eigenvalue weighted by molar-refractivity contribution is 5.93. The van der Waals surface area contributed by atoms with Gasteiger partial charge in [-0.05, 0) is 37.8 Å². The number of rotatable bonds is 4. The fraction of sp³-hybridized carbons (Fsp3) is 0.300. The molecule has 6 nitrogen and oxygen atoms in total. The van der Waals surface area contributed by atoms with E-state index in [-0.39, 0.29) is 18.1 Å². The van der Waals surface area contributed by atoms with Crippen molar-refractivity contribution in [1.82, 2.24) is 20.3 Å². The van der Waals surface area contributed by atoms with Crippen molar-refractivity contribution in [1.29, 1.82) is 0 Å². The lowest BCUT2D eigenvalue weighted by molar-refractivity contribution is 0.0894. The number of aromatic nitrogens is 3. The maximum atomic E-state index is 12.2. The molecule has 132 valence electrons. The molecule has 1 aliphatic rings. The van der Waals surface area contributed by atoms with Gasteiger partial charge in [0.1, 0.15) is 12.1 Å². The third-order valence-corrected chi connectivity index (χ3v) is 4.77. The Balaban J connectivity index is 1.34. The summed E-state index contributed by atoms with van der Waals surface area (Å²) in [6.45, 7) is 0. The molecule has 4 rings (SSSR count). The number of carbonyl (C=O) groups is 1. The highest BCUT2D eigenvalue weighted by Crippen LogP contribution is 2.29. The summed E-state index contributed by atoms with van der Waals surface area (Å²) in [6, 6.07) is 8.19. The minimum Gasteiger partial charge on any atom is -0.490 e. The topological polar surface area (TPSA) is 77.0 Å². The molecule has 1 aliphatic carbocycles. The van der Waals surface area contributed by atoms with Crippen LogP contribution in [0.25, 0.3) is 10.8 Å². The van der Waals surface area contributed by atoms with E-state index in [2.05, 4.69) is 20.3 Å². The fourth-order valence-electron chi connectivity index (χ4n) is 3.39. The van der Waals surface area contributed by atoms with Gasteiger partial charge in [-0.1, -0.05) is 12.1 Å². The maximum absolute atomic E-state index is 12.2. The summed E-state index contributed by atoms with van der Waals surface area (Å²) in [4.78, 5) is 24.1. The van der Waals surface area contributed by atoms with Crippen molar-refractivity contribution in [3.05, 3.63) is 60.9 Å². The highest BCUT2D eigenvalue weighted by Gasteiger charge is 2.24. The molecule has 0 spiro atoms. The van der Waals surface area contributed by atoms with Crippen molar-refractivity contribution in [3.8, 4) is 5.75 Å². The van der Waals surface area contributed by atoms with E-state index in [0.717, 1.165) is 42.2 Å². The van der Waals surface area contributed by atoms with E-state index >= 15 is 0 Å². The lowest BCUT2D eigenvalue weighted by atomic mass is 9.92. The first kappa shape index (κ1) is 16.4. The van der Waals surface area contributed by atoms with Gasteiger partial charge in [0.2, 0.25) is 0 Å². The Labute approximate surface area is 151 Å². The molecule has 0 bridgehead atoms. The summed E-state index contributed by atoms with van der Waals surface area (Å²) in [5.41, 5.74) is 0.496. The van der Waals surface area contributed by atoms with Crippen molar-refractivity contribution >= 4 is 16.7 Å². The molecule has 0 atom stereocenters. The molecular weight excluding hydrogens is 328 g/mol. The molecule has 26 heavy (non-hydrogen) atoms. The first-order chi connectivity index (χ1) is 12.8. The van der Waals surface area contributed by atoms with E-state index in [1.54, 1.807) is 6.20 Å². The van der Waals surface area contributed by atoms with Crippen LogP contribution in [-0.4, -0.2) is 33.0 Å². The molecule has 3 aromatic rings. The van der Waals surface area contributed by atoms with Crippen LogP contribution in [0.1, 0.15) is 36.0 Å². The normalized spacial score (nSPS) is 19.8. The quantitative estimate of drug-likeness (QED) is 0.784. The third kappa shape index (κ3) is 3.64. The van der Waals surface area contributed by atoms with E-state index in [9.17, 15) is 4.79 Å². The van der Waals surface area contributed by atoms with Gasteiger partial charge in [0.05, 0.1) is 11.7 Å². The number of carbonyl (C=O) groups excluding carboxylic acids is 1. The minimum absolute atomic E-state index is 0.114. The Bertz CT molecular complexity index is 887.